The second-order valence-corrected chi connectivity index (χ2v) is 4.58. The lowest BCUT2D eigenvalue weighted by Gasteiger charge is -2.09. The summed E-state index contributed by atoms with van der Waals surface area (Å²) < 4.78 is 11.4. The van der Waals surface area contributed by atoms with E-state index in [2.05, 4.69) is 12.2 Å². The van der Waals surface area contributed by atoms with Gasteiger partial charge in [-0.2, -0.15) is 0 Å². The predicted molar refractivity (Wildman–Crippen MR) is 62.2 cm³/mol. The van der Waals surface area contributed by atoms with Crippen molar-refractivity contribution in [2.75, 3.05) is 18.1 Å². The third kappa shape index (κ3) is 3.14. The first-order valence-corrected chi connectivity index (χ1v) is 6.48. The lowest BCUT2D eigenvalue weighted by Crippen LogP contribution is -2.04. The van der Waals surface area contributed by atoms with Gasteiger partial charge in [-0.15, -0.1) is 0 Å². The smallest absolute Gasteiger partial charge is 0.0616 e. The van der Waals surface area contributed by atoms with Crippen molar-refractivity contribution in [3.05, 3.63) is 24.3 Å². The van der Waals surface area contributed by atoms with Crippen molar-refractivity contribution < 1.29 is 4.21 Å². The van der Waals surface area contributed by atoms with Gasteiger partial charge >= 0.3 is 0 Å². The Morgan fingerprint density at radius 1 is 1.36 bits per heavy atom. The summed E-state index contributed by atoms with van der Waals surface area (Å²) in [4.78, 5) is 0.892. The molecule has 0 fully saturated rings. The Hall–Kier alpha value is -0.830. The highest BCUT2D eigenvalue weighted by Crippen LogP contribution is 2.17. The first-order chi connectivity index (χ1) is 6.75. The number of para-hydroxylation sites is 1. The number of unbranched alkanes of at least 4 members (excludes halogenated alkanes) is 1. The van der Waals surface area contributed by atoms with Crippen molar-refractivity contribution in [1.82, 2.24) is 0 Å². The molecule has 14 heavy (non-hydrogen) atoms. The Labute approximate surface area is 88.2 Å². The van der Waals surface area contributed by atoms with Crippen LogP contribution >= 0.6 is 0 Å². The average Bonchev–Trinajstić information content (AvgIpc) is 2.19. The molecule has 0 bridgehead atoms. The van der Waals surface area contributed by atoms with Crippen LogP contribution in [-0.4, -0.2) is 17.0 Å². The Morgan fingerprint density at radius 2 is 2.07 bits per heavy atom. The van der Waals surface area contributed by atoms with Crippen LogP contribution in [0, 0.1) is 0 Å². The van der Waals surface area contributed by atoms with Gasteiger partial charge in [0.05, 0.1) is 21.4 Å². The summed E-state index contributed by atoms with van der Waals surface area (Å²) in [5.41, 5.74) is 1.00. The lowest BCUT2D eigenvalue weighted by atomic mass is 10.3. The highest BCUT2D eigenvalue weighted by molar-refractivity contribution is 7.84. The Morgan fingerprint density at radius 3 is 2.71 bits per heavy atom. The number of benzene rings is 1. The SMILES string of the molecule is CCCCNc1ccccc1S(C)=O. The molecule has 0 aliphatic heterocycles. The van der Waals surface area contributed by atoms with Gasteiger partial charge in [0, 0.05) is 12.8 Å². The predicted octanol–water partition coefficient (Wildman–Crippen LogP) is 2.64. The molecular weight excluding hydrogens is 194 g/mol. The number of hydrogen-bond donors (Lipinski definition) is 1. The Balaban J connectivity index is 2.69. The van der Waals surface area contributed by atoms with E-state index in [4.69, 9.17) is 0 Å². The van der Waals surface area contributed by atoms with E-state index >= 15 is 0 Å². The third-order valence-electron chi connectivity index (χ3n) is 2.04. The van der Waals surface area contributed by atoms with E-state index in [1.807, 2.05) is 24.3 Å². The molecule has 0 heterocycles. The minimum atomic E-state index is -0.908. The molecule has 0 radical (unpaired) electrons. The van der Waals surface area contributed by atoms with Gasteiger partial charge in [-0.1, -0.05) is 25.5 Å². The highest BCUT2D eigenvalue weighted by atomic mass is 32.2. The maximum atomic E-state index is 11.4. The molecule has 1 unspecified atom stereocenters. The summed E-state index contributed by atoms with van der Waals surface area (Å²) in [5, 5.41) is 3.30. The van der Waals surface area contributed by atoms with Gasteiger partial charge in [0.15, 0.2) is 0 Å². The number of rotatable bonds is 5. The molecule has 0 saturated heterocycles. The van der Waals surface area contributed by atoms with Gasteiger partial charge in [0.1, 0.15) is 0 Å². The molecular formula is C11H17NOS. The first kappa shape index (κ1) is 11.2. The van der Waals surface area contributed by atoms with Crippen LogP contribution in [0.1, 0.15) is 19.8 Å². The van der Waals surface area contributed by atoms with Crippen molar-refractivity contribution in [2.45, 2.75) is 24.7 Å². The van der Waals surface area contributed by atoms with Gasteiger partial charge in [-0.25, -0.2) is 0 Å². The second-order valence-electron chi connectivity index (χ2n) is 3.23. The molecule has 0 saturated carbocycles. The summed E-state index contributed by atoms with van der Waals surface area (Å²) in [6.07, 6.45) is 4.02. The summed E-state index contributed by atoms with van der Waals surface area (Å²) >= 11 is 0. The standard InChI is InChI=1S/C11H17NOS/c1-3-4-9-12-10-7-5-6-8-11(10)14(2)13/h5-8,12H,3-4,9H2,1-2H3. The van der Waals surface area contributed by atoms with Crippen LogP contribution in [-0.2, 0) is 10.8 Å². The Kier molecular flexibility index (Phi) is 4.66. The fourth-order valence-electron chi connectivity index (χ4n) is 1.26. The van der Waals surface area contributed by atoms with E-state index < -0.39 is 10.8 Å². The topological polar surface area (TPSA) is 29.1 Å². The van der Waals surface area contributed by atoms with Crippen LogP contribution in [0.2, 0.25) is 0 Å². The fraction of sp³-hybridized carbons (Fsp3) is 0.455. The molecule has 0 spiro atoms. The van der Waals surface area contributed by atoms with E-state index in [1.54, 1.807) is 6.26 Å². The number of nitrogens with one attached hydrogen (secondary N) is 1. The molecule has 0 aromatic heterocycles. The normalized spacial score (nSPS) is 12.4. The largest absolute Gasteiger partial charge is 0.384 e. The second kappa shape index (κ2) is 5.81. The van der Waals surface area contributed by atoms with Crippen LogP contribution < -0.4 is 5.32 Å². The summed E-state index contributed by atoms with van der Waals surface area (Å²) in [6.45, 7) is 3.11. The van der Waals surface area contributed by atoms with E-state index in [0.717, 1.165) is 23.5 Å². The van der Waals surface area contributed by atoms with Gasteiger partial charge in [0.25, 0.3) is 0 Å². The van der Waals surface area contributed by atoms with Crippen molar-refractivity contribution in [2.24, 2.45) is 0 Å². The van der Waals surface area contributed by atoms with E-state index in [-0.39, 0.29) is 0 Å². The summed E-state index contributed by atoms with van der Waals surface area (Å²) in [5.74, 6) is 0. The molecule has 2 nitrogen and oxygen atoms in total. The molecule has 1 rings (SSSR count). The van der Waals surface area contributed by atoms with Crippen LogP contribution in [0.25, 0.3) is 0 Å². The van der Waals surface area contributed by atoms with Crippen molar-refractivity contribution >= 4 is 16.5 Å². The maximum absolute atomic E-state index is 11.4. The van der Waals surface area contributed by atoms with Gasteiger partial charge in [0.2, 0.25) is 0 Å². The van der Waals surface area contributed by atoms with Crippen molar-refractivity contribution in [3.63, 3.8) is 0 Å². The molecule has 3 heteroatoms. The average molecular weight is 211 g/mol. The zero-order valence-electron chi connectivity index (χ0n) is 8.75. The molecule has 1 aromatic rings. The quantitative estimate of drug-likeness (QED) is 0.759. The molecule has 1 aromatic carbocycles. The minimum absolute atomic E-state index is 0.892. The lowest BCUT2D eigenvalue weighted by molar-refractivity contribution is 0.687. The van der Waals surface area contributed by atoms with Crippen LogP contribution in [0.5, 0.6) is 0 Å². The molecule has 1 atom stereocenters. The number of hydrogen-bond acceptors (Lipinski definition) is 2. The Bertz CT molecular complexity index is 312. The monoisotopic (exact) mass is 211 g/mol. The van der Waals surface area contributed by atoms with E-state index in [9.17, 15) is 4.21 Å². The van der Waals surface area contributed by atoms with Gasteiger partial charge in [-0.3, -0.25) is 4.21 Å². The van der Waals surface area contributed by atoms with Crippen LogP contribution in [0.4, 0.5) is 5.69 Å². The molecule has 1 N–H and O–H groups in total. The molecule has 0 amide bonds. The minimum Gasteiger partial charge on any atom is -0.384 e. The summed E-state index contributed by atoms with van der Waals surface area (Å²) in [7, 11) is -0.908. The molecule has 78 valence electrons. The molecule has 0 aliphatic rings. The van der Waals surface area contributed by atoms with Crippen molar-refractivity contribution in [3.8, 4) is 0 Å². The molecule has 0 aliphatic carbocycles. The first-order valence-electron chi connectivity index (χ1n) is 4.92. The zero-order valence-corrected chi connectivity index (χ0v) is 9.56. The van der Waals surface area contributed by atoms with E-state index in [0.29, 0.717) is 0 Å². The van der Waals surface area contributed by atoms with Gasteiger partial charge < -0.3 is 5.32 Å². The van der Waals surface area contributed by atoms with Gasteiger partial charge in [-0.05, 0) is 18.6 Å². The maximum Gasteiger partial charge on any atom is 0.0616 e. The highest BCUT2D eigenvalue weighted by Gasteiger charge is 2.03. The zero-order chi connectivity index (χ0) is 10.4. The summed E-state index contributed by atoms with van der Waals surface area (Å²) in [6, 6.07) is 7.77. The van der Waals surface area contributed by atoms with Crippen LogP contribution in [0.15, 0.2) is 29.2 Å². The number of anilines is 1. The van der Waals surface area contributed by atoms with Crippen molar-refractivity contribution in [1.29, 1.82) is 0 Å². The third-order valence-corrected chi connectivity index (χ3v) is 3.02. The fourth-order valence-corrected chi connectivity index (χ4v) is 1.98. The van der Waals surface area contributed by atoms with Crippen LogP contribution in [0.3, 0.4) is 0 Å². The van der Waals surface area contributed by atoms with E-state index in [1.165, 1.54) is 6.42 Å².